The summed E-state index contributed by atoms with van der Waals surface area (Å²) >= 11 is 0. The fourth-order valence-corrected chi connectivity index (χ4v) is 5.35. The van der Waals surface area contributed by atoms with Crippen LogP contribution in [0.15, 0.2) is 77.7 Å². The summed E-state index contributed by atoms with van der Waals surface area (Å²) in [5, 5.41) is 2.77. The highest BCUT2D eigenvalue weighted by atomic mass is 32.2. The number of amides is 2. The zero-order chi connectivity index (χ0) is 29.3. The van der Waals surface area contributed by atoms with Gasteiger partial charge in [-0.1, -0.05) is 31.5 Å². The van der Waals surface area contributed by atoms with Crippen molar-refractivity contribution < 1.29 is 31.5 Å². The number of halogens is 2. The standard InChI is InChI=1S/C29H33F2N3O5S/c1-4-5-18-32-29(36)21(2)33(19-22-8-6-7-9-27(22)31)28(35)20-34(24-12-10-23(30)11-13-24)40(37,38)26-16-14-25(39-3)15-17-26/h6-17,21H,4-5,18-20H2,1-3H3,(H,32,36)/t21-/m1/s1. The number of nitrogens with one attached hydrogen (secondary N) is 1. The SMILES string of the molecule is CCCCNC(=O)[C@@H](C)N(Cc1ccccc1F)C(=O)CN(c1ccc(F)cc1)S(=O)(=O)c1ccc(OC)cc1. The number of anilines is 1. The van der Waals surface area contributed by atoms with Crippen LogP contribution in [-0.4, -0.2) is 51.4 Å². The lowest BCUT2D eigenvalue weighted by atomic mass is 10.1. The minimum absolute atomic E-state index is 0.0384. The number of rotatable bonds is 13. The molecule has 0 aliphatic heterocycles. The van der Waals surface area contributed by atoms with Crippen molar-refractivity contribution in [1.82, 2.24) is 10.2 Å². The fraction of sp³-hybridized carbons (Fsp3) is 0.310. The molecular weight excluding hydrogens is 540 g/mol. The summed E-state index contributed by atoms with van der Waals surface area (Å²) in [7, 11) is -2.89. The molecule has 0 bridgehead atoms. The number of hydrogen-bond acceptors (Lipinski definition) is 5. The lowest BCUT2D eigenvalue weighted by molar-refractivity contribution is -0.139. The summed E-state index contributed by atoms with van der Waals surface area (Å²) < 4.78 is 61.7. The maximum absolute atomic E-state index is 14.6. The molecule has 0 aliphatic carbocycles. The van der Waals surface area contributed by atoms with Crippen molar-refractivity contribution in [1.29, 1.82) is 0 Å². The molecular formula is C29H33F2N3O5S. The molecule has 1 atom stereocenters. The van der Waals surface area contributed by atoms with E-state index in [2.05, 4.69) is 5.32 Å². The molecule has 0 saturated carbocycles. The second-order valence-electron chi connectivity index (χ2n) is 9.10. The van der Waals surface area contributed by atoms with Gasteiger partial charge in [-0.05, 0) is 67.9 Å². The van der Waals surface area contributed by atoms with Crippen LogP contribution >= 0.6 is 0 Å². The second kappa shape index (κ2) is 13.9. The Balaban J connectivity index is 2.00. The van der Waals surface area contributed by atoms with Gasteiger partial charge in [0.2, 0.25) is 11.8 Å². The molecule has 0 aromatic heterocycles. The van der Waals surface area contributed by atoms with E-state index in [0.29, 0.717) is 12.3 Å². The molecule has 214 valence electrons. The Hall–Kier alpha value is -3.99. The van der Waals surface area contributed by atoms with Gasteiger partial charge in [0.05, 0.1) is 17.7 Å². The van der Waals surface area contributed by atoms with Gasteiger partial charge in [0, 0.05) is 18.7 Å². The largest absolute Gasteiger partial charge is 0.497 e. The zero-order valence-corrected chi connectivity index (χ0v) is 23.5. The molecule has 3 aromatic carbocycles. The first-order valence-electron chi connectivity index (χ1n) is 12.8. The summed E-state index contributed by atoms with van der Waals surface area (Å²) in [5.41, 5.74) is 0.201. The van der Waals surface area contributed by atoms with Crippen molar-refractivity contribution >= 4 is 27.5 Å². The van der Waals surface area contributed by atoms with E-state index >= 15 is 0 Å². The van der Waals surface area contributed by atoms with E-state index in [4.69, 9.17) is 4.74 Å². The number of benzene rings is 3. The number of hydrogen-bond donors (Lipinski definition) is 1. The van der Waals surface area contributed by atoms with Crippen LogP contribution < -0.4 is 14.4 Å². The first-order chi connectivity index (χ1) is 19.1. The molecule has 0 saturated heterocycles. The maximum Gasteiger partial charge on any atom is 0.264 e. The Labute approximate surface area is 233 Å². The van der Waals surface area contributed by atoms with Crippen molar-refractivity contribution in [3.8, 4) is 5.75 Å². The van der Waals surface area contributed by atoms with Crippen LogP contribution in [0.25, 0.3) is 0 Å². The van der Waals surface area contributed by atoms with Crippen LogP contribution in [0, 0.1) is 11.6 Å². The summed E-state index contributed by atoms with van der Waals surface area (Å²) in [6.07, 6.45) is 1.58. The third kappa shape index (κ3) is 7.56. The normalized spacial score (nSPS) is 11.9. The number of carbonyl (C=O) groups is 2. The van der Waals surface area contributed by atoms with Crippen LogP contribution in [0.5, 0.6) is 5.75 Å². The summed E-state index contributed by atoms with van der Waals surface area (Å²) in [6.45, 7) is 2.88. The van der Waals surface area contributed by atoms with E-state index in [1.165, 1.54) is 68.6 Å². The highest BCUT2D eigenvalue weighted by Gasteiger charge is 2.33. The fourth-order valence-electron chi connectivity index (χ4n) is 3.94. The highest BCUT2D eigenvalue weighted by Crippen LogP contribution is 2.26. The second-order valence-corrected chi connectivity index (χ2v) is 11.0. The molecule has 11 heteroatoms. The summed E-state index contributed by atoms with van der Waals surface area (Å²) in [6, 6.07) is 15.0. The average molecular weight is 574 g/mol. The number of methoxy groups -OCH3 is 1. The lowest BCUT2D eigenvalue weighted by Crippen LogP contribution is -2.51. The molecule has 2 amide bonds. The van der Waals surface area contributed by atoms with E-state index in [9.17, 15) is 26.8 Å². The predicted molar refractivity (Wildman–Crippen MR) is 148 cm³/mol. The minimum Gasteiger partial charge on any atom is -0.497 e. The summed E-state index contributed by atoms with van der Waals surface area (Å²) in [4.78, 5) is 27.7. The molecule has 3 aromatic rings. The topological polar surface area (TPSA) is 96.0 Å². The quantitative estimate of drug-likeness (QED) is 0.304. The molecule has 1 N–H and O–H groups in total. The smallest absolute Gasteiger partial charge is 0.264 e. The highest BCUT2D eigenvalue weighted by molar-refractivity contribution is 7.92. The molecule has 0 fully saturated rings. The number of ether oxygens (including phenoxy) is 1. The first-order valence-corrected chi connectivity index (χ1v) is 14.3. The number of unbranched alkanes of at least 4 members (excludes halogenated alkanes) is 1. The van der Waals surface area contributed by atoms with Crippen LogP contribution in [0.3, 0.4) is 0 Å². The van der Waals surface area contributed by atoms with Crippen molar-refractivity contribution in [3.05, 3.63) is 90.0 Å². The van der Waals surface area contributed by atoms with Crippen molar-refractivity contribution in [2.24, 2.45) is 0 Å². The van der Waals surface area contributed by atoms with Crippen LogP contribution in [0.2, 0.25) is 0 Å². The third-order valence-corrected chi connectivity index (χ3v) is 8.12. The van der Waals surface area contributed by atoms with Gasteiger partial charge < -0.3 is 15.0 Å². The van der Waals surface area contributed by atoms with Crippen molar-refractivity contribution in [3.63, 3.8) is 0 Å². The van der Waals surface area contributed by atoms with Crippen molar-refractivity contribution in [2.45, 2.75) is 44.2 Å². The monoisotopic (exact) mass is 573 g/mol. The van der Waals surface area contributed by atoms with E-state index in [-0.39, 0.29) is 22.7 Å². The van der Waals surface area contributed by atoms with Gasteiger partial charge in [0.1, 0.15) is 30.0 Å². The van der Waals surface area contributed by atoms with Gasteiger partial charge in [0.15, 0.2) is 0 Å². The Kier molecular flexibility index (Phi) is 10.6. The summed E-state index contributed by atoms with van der Waals surface area (Å²) in [5.74, 6) is -1.93. The van der Waals surface area contributed by atoms with Gasteiger partial charge in [-0.3, -0.25) is 13.9 Å². The van der Waals surface area contributed by atoms with Gasteiger partial charge in [-0.25, -0.2) is 17.2 Å². The number of sulfonamides is 1. The molecule has 0 aliphatic rings. The zero-order valence-electron chi connectivity index (χ0n) is 22.6. The van der Waals surface area contributed by atoms with Crippen LogP contribution in [0.4, 0.5) is 14.5 Å². The molecule has 0 heterocycles. The Bertz CT molecular complexity index is 1400. The van der Waals surface area contributed by atoms with Crippen LogP contribution in [-0.2, 0) is 26.2 Å². The van der Waals surface area contributed by atoms with Gasteiger partial charge in [-0.15, -0.1) is 0 Å². The van der Waals surface area contributed by atoms with E-state index in [1.54, 1.807) is 6.07 Å². The number of carbonyl (C=O) groups excluding carboxylic acids is 2. The molecule has 8 nitrogen and oxygen atoms in total. The molecule has 0 radical (unpaired) electrons. The van der Waals surface area contributed by atoms with Crippen molar-refractivity contribution in [2.75, 3.05) is 24.5 Å². The first kappa shape index (κ1) is 30.6. The third-order valence-electron chi connectivity index (χ3n) is 6.34. The molecule has 0 unspecified atom stereocenters. The molecule has 3 rings (SSSR count). The van der Waals surface area contributed by atoms with Gasteiger partial charge >= 0.3 is 0 Å². The van der Waals surface area contributed by atoms with E-state index < -0.39 is 46.1 Å². The molecule has 0 spiro atoms. The number of nitrogens with zero attached hydrogens (tertiary/aromatic N) is 2. The van der Waals surface area contributed by atoms with Gasteiger partial charge in [0.25, 0.3) is 10.0 Å². The average Bonchev–Trinajstić information content (AvgIpc) is 2.95. The van der Waals surface area contributed by atoms with E-state index in [1.807, 2.05) is 6.92 Å². The van der Waals surface area contributed by atoms with Gasteiger partial charge in [-0.2, -0.15) is 0 Å². The van der Waals surface area contributed by atoms with E-state index in [0.717, 1.165) is 34.2 Å². The Morgan fingerprint density at radius 1 is 0.975 bits per heavy atom. The maximum atomic E-state index is 14.6. The Morgan fingerprint density at radius 3 is 2.23 bits per heavy atom. The minimum atomic E-state index is -4.33. The lowest BCUT2D eigenvalue weighted by Gasteiger charge is -2.32. The van der Waals surface area contributed by atoms with Crippen LogP contribution in [0.1, 0.15) is 32.3 Å². The molecule has 40 heavy (non-hydrogen) atoms. The predicted octanol–water partition coefficient (Wildman–Crippen LogP) is 4.50. The Morgan fingerprint density at radius 2 is 1.62 bits per heavy atom.